The highest BCUT2D eigenvalue weighted by Crippen LogP contribution is 2.33. The number of aromatic hydroxyl groups is 1. The van der Waals surface area contributed by atoms with E-state index < -0.39 is 28.9 Å². The van der Waals surface area contributed by atoms with Gasteiger partial charge in [0.2, 0.25) is 0 Å². The van der Waals surface area contributed by atoms with Gasteiger partial charge in [-0.05, 0) is 19.1 Å². The summed E-state index contributed by atoms with van der Waals surface area (Å²) in [6, 6.07) is 1.38. The number of phenols is 1. The Balaban J connectivity index is 2.27. The zero-order chi connectivity index (χ0) is 14.9. The Morgan fingerprint density at radius 1 is 1.40 bits per heavy atom. The molecule has 0 spiro atoms. The number of benzene rings is 1. The number of thioether (sulfide) groups is 1. The van der Waals surface area contributed by atoms with Crippen LogP contribution in [-0.4, -0.2) is 40.5 Å². The Bertz CT molecular complexity index is 501. The van der Waals surface area contributed by atoms with Crippen LogP contribution in [0.1, 0.15) is 29.6 Å². The molecule has 1 aromatic carbocycles. The van der Waals surface area contributed by atoms with Gasteiger partial charge in [0.05, 0.1) is 0 Å². The normalized spacial score (nSPS) is 22.0. The van der Waals surface area contributed by atoms with Gasteiger partial charge in [-0.15, -0.1) is 0 Å². The average Bonchev–Trinajstić information content (AvgIpc) is 2.84. The molecule has 3 nitrogen and oxygen atoms in total. The minimum Gasteiger partial charge on any atom is -0.507 e. The fraction of sp³-hybridized carbons (Fsp3) is 0.500. The van der Waals surface area contributed by atoms with Crippen molar-refractivity contribution in [3.63, 3.8) is 0 Å². The van der Waals surface area contributed by atoms with Crippen LogP contribution in [0.4, 0.5) is 8.78 Å². The number of halogens is 2. The number of amides is 1. The third-order valence-corrected chi connectivity index (χ3v) is 4.94. The molecule has 0 heterocycles. The van der Waals surface area contributed by atoms with Gasteiger partial charge in [0.1, 0.15) is 22.9 Å². The molecule has 1 amide bonds. The Labute approximate surface area is 121 Å². The van der Waals surface area contributed by atoms with Crippen molar-refractivity contribution >= 4 is 17.7 Å². The molecule has 2 rings (SSSR count). The molecule has 0 saturated heterocycles. The van der Waals surface area contributed by atoms with Gasteiger partial charge in [0.15, 0.2) is 0 Å². The van der Waals surface area contributed by atoms with Gasteiger partial charge in [-0.1, -0.05) is 6.42 Å². The van der Waals surface area contributed by atoms with Crippen molar-refractivity contribution in [1.82, 2.24) is 4.90 Å². The van der Waals surface area contributed by atoms with Crippen molar-refractivity contribution in [2.24, 2.45) is 0 Å². The van der Waals surface area contributed by atoms with Gasteiger partial charge in [0, 0.05) is 30.5 Å². The highest BCUT2D eigenvalue weighted by Gasteiger charge is 2.34. The maximum atomic E-state index is 13.7. The molecule has 0 radical (unpaired) electrons. The van der Waals surface area contributed by atoms with E-state index in [1.165, 1.54) is 4.90 Å². The largest absolute Gasteiger partial charge is 0.507 e. The first-order chi connectivity index (χ1) is 9.45. The van der Waals surface area contributed by atoms with Gasteiger partial charge in [-0.2, -0.15) is 11.8 Å². The van der Waals surface area contributed by atoms with E-state index in [0.717, 1.165) is 25.3 Å². The topological polar surface area (TPSA) is 40.5 Å². The SMILES string of the molecule is CS[C@@H]1CCC[C@@H]1N(C)C(=O)c1c(O)cc(F)cc1F. The van der Waals surface area contributed by atoms with E-state index in [0.29, 0.717) is 11.3 Å². The summed E-state index contributed by atoms with van der Waals surface area (Å²) in [5.41, 5.74) is -0.458. The van der Waals surface area contributed by atoms with Crippen molar-refractivity contribution in [2.45, 2.75) is 30.6 Å². The molecule has 6 heteroatoms. The van der Waals surface area contributed by atoms with Crippen LogP contribution >= 0.6 is 11.8 Å². The van der Waals surface area contributed by atoms with E-state index in [2.05, 4.69) is 0 Å². The maximum absolute atomic E-state index is 13.7. The fourth-order valence-corrected chi connectivity index (χ4v) is 3.76. The van der Waals surface area contributed by atoms with Crippen LogP contribution in [0.25, 0.3) is 0 Å². The van der Waals surface area contributed by atoms with Crippen LogP contribution < -0.4 is 0 Å². The molecular formula is C14H17F2NO2S. The first-order valence-electron chi connectivity index (χ1n) is 6.43. The molecule has 1 aliphatic carbocycles. The summed E-state index contributed by atoms with van der Waals surface area (Å²) in [7, 11) is 1.60. The lowest BCUT2D eigenvalue weighted by atomic mass is 10.1. The Morgan fingerprint density at radius 3 is 2.70 bits per heavy atom. The monoisotopic (exact) mass is 301 g/mol. The number of rotatable bonds is 3. The minimum absolute atomic E-state index is 0.0151. The molecule has 0 bridgehead atoms. The molecular weight excluding hydrogens is 284 g/mol. The second kappa shape index (κ2) is 5.99. The lowest BCUT2D eigenvalue weighted by molar-refractivity contribution is 0.0730. The van der Waals surface area contributed by atoms with Crippen LogP contribution in [0.15, 0.2) is 12.1 Å². The van der Waals surface area contributed by atoms with Crippen molar-refractivity contribution in [2.75, 3.05) is 13.3 Å². The molecule has 0 aromatic heterocycles. The van der Waals surface area contributed by atoms with E-state index in [-0.39, 0.29) is 6.04 Å². The van der Waals surface area contributed by atoms with Crippen LogP contribution in [0.3, 0.4) is 0 Å². The van der Waals surface area contributed by atoms with Gasteiger partial charge in [0.25, 0.3) is 5.91 Å². The molecule has 0 unspecified atom stereocenters. The first-order valence-corrected chi connectivity index (χ1v) is 7.72. The zero-order valence-corrected chi connectivity index (χ0v) is 12.2. The van der Waals surface area contributed by atoms with Crippen LogP contribution in [0.2, 0.25) is 0 Å². The first kappa shape index (κ1) is 15.1. The van der Waals surface area contributed by atoms with E-state index in [9.17, 15) is 18.7 Å². The quantitative estimate of drug-likeness (QED) is 0.933. The predicted octanol–water partition coefficient (Wildman–Crippen LogP) is 3.03. The van der Waals surface area contributed by atoms with Gasteiger partial charge < -0.3 is 10.0 Å². The number of carbonyl (C=O) groups is 1. The fourth-order valence-electron chi connectivity index (χ4n) is 2.72. The van der Waals surface area contributed by atoms with Crippen molar-refractivity contribution in [3.8, 4) is 5.75 Å². The minimum atomic E-state index is -1.03. The molecule has 1 fully saturated rings. The maximum Gasteiger partial charge on any atom is 0.260 e. The number of phenolic OH excluding ortho intramolecular Hbond substituents is 1. The summed E-state index contributed by atoms with van der Waals surface area (Å²) < 4.78 is 26.7. The smallest absolute Gasteiger partial charge is 0.260 e. The third-order valence-electron chi connectivity index (χ3n) is 3.79. The van der Waals surface area contributed by atoms with E-state index in [4.69, 9.17) is 0 Å². The zero-order valence-electron chi connectivity index (χ0n) is 11.4. The number of carbonyl (C=O) groups excluding carboxylic acids is 1. The van der Waals surface area contributed by atoms with Gasteiger partial charge in [-0.3, -0.25) is 4.79 Å². The highest BCUT2D eigenvalue weighted by molar-refractivity contribution is 7.99. The Morgan fingerprint density at radius 2 is 2.10 bits per heavy atom. The summed E-state index contributed by atoms with van der Waals surface area (Å²) in [5.74, 6) is -3.19. The standard InChI is InChI=1S/C14H17F2NO2S/c1-17(10-4-3-5-12(10)20-2)14(19)13-9(16)6-8(15)7-11(13)18/h6-7,10,12,18H,3-5H2,1-2H3/t10-,12+/m0/s1. The second-order valence-corrected chi connectivity index (χ2v) is 6.05. The Hall–Kier alpha value is -1.30. The molecule has 1 aromatic rings. The summed E-state index contributed by atoms with van der Waals surface area (Å²) in [6.45, 7) is 0. The molecule has 2 atom stereocenters. The van der Waals surface area contributed by atoms with Crippen LogP contribution in [0.5, 0.6) is 5.75 Å². The van der Waals surface area contributed by atoms with Crippen molar-refractivity contribution < 1.29 is 18.7 Å². The number of hydrogen-bond donors (Lipinski definition) is 1. The van der Waals surface area contributed by atoms with Gasteiger partial charge >= 0.3 is 0 Å². The Kier molecular flexibility index (Phi) is 4.52. The average molecular weight is 301 g/mol. The van der Waals surface area contributed by atoms with E-state index in [1.54, 1.807) is 18.8 Å². The van der Waals surface area contributed by atoms with Crippen molar-refractivity contribution in [3.05, 3.63) is 29.3 Å². The molecule has 0 aliphatic heterocycles. The lowest BCUT2D eigenvalue weighted by Gasteiger charge is -2.29. The third kappa shape index (κ3) is 2.75. The lowest BCUT2D eigenvalue weighted by Crippen LogP contribution is -2.40. The second-order valence-electron chi connectivity index (χ2n) is 4.97. The number of hydrogen-bond acceptors (Lipinski definition) is 3. The molecule has 1 N–H and O–H groups in total. The summed E-state index contributed by atoms with van der Waals surface area (Å²) >= 11 is 1.68. The van der Waals surface area contributed by atoms with Crippen LogP contribution in [-0.2, 0) is 0 Å². The summed E-state index contributed by atoms with van der Waals surface area (Å²) in [5, 5.41) is 9.94. The highest BCUT2D eigenvalue weighted by atomic mass is 32.2. The number of nitrogens with zero attached hydrogens (tertiary/aromatic N) is 1. The molecule has 1 saturated carbocycles. The van der Waals surface area contributed by atoms with Gasteiger partial charge in [-0.25, -0.2) is 8.78 Å². The summed E-state index contributed by atoms with van der Waals surface area (Å²) in [6.07, 6.45) is 4.88. The molecule has 1 aliphatic rings. The predicted molar refractivity (Wildman–Crippen MR) is 75.1 cm³/mol. The molecule has 20 heavy (non-hydrogen) atoms. The molecule has 110 valence electrons. The van der Waals surface area contributed by atoms with E-state index >= 15 is 0 Å². The van der Waals surface area contributed by atoms with E-state index in [1.807, 2.05) is 6.26 Å². The van der Waals surface area contributed by atoms with Crippen molar-refractivity contribution in [1.29, 1.82) is 0 Å². The summed E-state index contributed by atoms with van der Waals surface area (Å²) in [4.78, 5) is 13.8. The van der Waals surface area contributed by atoms with Crippen LogP contribution in [0, 0.1) is 11.6 Å².